The van der Waals surface area contributed by atoms with E-state index in [0.29, 0.717) is 18.8 Å². The number of imide groups is 1. The topological polar surface area (TPSA) is 69.6 Å². The summed E-state index contributed by atoms with van der Waals surface area (Å²) in [5.74, 6) is 0.449. The lowest BCUT2D eigenvalue weighted by Crippen LogP contribution is -2.50. The van der Waals surface area contributed by atoms with Crippen LogP contribution in [0.25, 0.3) is 0 Å². The predicted octanol–water partition coefficient (Wildman–Crippen LogP) is 1.26. The van der Waals surface area contributed by atoms with Gasteiger partial charge in [-0.15, -0.1) is 0 Å². The quantitative estimate of drug-likeness (QED) is 0.729. The van der Waals surface area contributed by atoms with Gasteiger partial charge in [0.1, 0.15) is 5.54 Å². The average Bonchev–Trinajstić information content (AvgIpc) is 2.47. The molecule has 1 saturated heterocycles. The molecule has 18 heavy (non-hydrogen) atoms. The third-order valence-electron chi connectivity index (χ3n) is 3.92. The molecule has 0 bridgehead atoms. The molecule has 0 unspecified atom stereocenters. The van der Waals surface area contributed by atoms with Gasteiger partial charge in [0.2, 0.25) is 0 Å². The molecule has 1 spiro atoms. The Morgan fingerprint density at radius 1 is 1.39 bits per heavy atom. The number of hydrogen-bond donors (Lipinski definition) is 2. The first-order chi connectivity index (χ1) is 8.23. The third kappa shape index (κ3) is 2.36. The zero-order valence-electron chi connectivity index (χ0n) is 11.3. The summed E-state index contributed by atoms with van der Waals surface area (Å²) in [6.45, 7) is 5.42. The molecule has 1 heterocycles. The van der Waals surface area contributed by atoms with E-state index in [2.05, 4.69) is 12.2 Å². The Morgan fingerprint density at radius 2 is 1.94 bits per heavy atom. The Kier molecular flexibility index (Phi) is 3.13. The second-order valence-corrected chi connectivity index (χ2v) is 6.40. The third-order valence-corrected chi connectivity index (χ3v) is 3.92. The molecule has 102 valence electrons. The highest BCUT2D eigenvalue weighted by Crippen LogP contribution is 2.36. The van der Waals surface area contributed by atoms with Crippen LogP contribution in [0.15, 0.2) is 0 Å². The standard InChI is InChI=1S/C13H22N2O3/c1-9-4-6-13(7-5-9)10(16)15(11(17)14-13)8-12(2,3)18/h9,18H,4-8H2,1-3H3,(H,14,17). The van der Waals surface area contributed by atoms with Crippen molar-refractivity contribution in [2.45, 2.75) is 57.6 Å². The molecule has 5 heteroatoms. The number of aliphatic hydroxyl groups is 1. The second kappa shape index (κ2) is 4.23. The molecule has 1 saturated carbocycles. The number of carbonyl (C=O) groups excluding carboxylic acids is 2. The maximum atomic E-state index is 12.4. The molecule has 0 atom stereocenters. The van der Waals surface area contributed by atoms with Gasteiger partial charge in [-0.2, -0.15) is 0 Å². The molecule has 3 amide bonds. The summed E-state index contributed by atoms with van der Waals surface area (Å²) in [4.78, 5) is 25.5. The van der Waals surface area contributed by atoms with Crippen molar-refractivity contribution in [1.29, 1.82) is 0 Å². The fourth-order valence-electron chi connectivity index (χ4n) is 2.80. The maximum Gasteiger partial charge on any atom is 0.325 e. The van der Waals surface area contributed by atoms with Crippen LogP contribution >= 0.6 is 0 Å². The molecule has 2 fully saturated rings. The number of amides is 3. The maximum absolute atomic E-state index is 12.4. The highest BCUT2D eigenvalue weighted by atomic mass is 16.3. The van der Waals surface area contributed by atoms with E-state index in [1.807, 2.05) is 0 Å². The molecule has 2 N–H and O–H groups in total. The van der Waals surface area contributed by atoms with Crippen molar-refractivity contribution in [1.82, 2.24) is 10.2 Å². The summed E-state index contributed by atoms with van der Waals surface area (Å²) >= 11 is 0. The summed E-state index contributed by atoms with van der Waals surface area (Å²) in [5, 5.41) is 12.6. The number of nitrogens with one attached hydrogen (secondary N) is 1. The first-order valence-electron chi connectivity index (χ1n) is 6.60. The SMILES string of the molecule is CC1CCC2(CC1)NC(=O)N(CC(C)(C)O)C2=O. The molecule has 2 rings (SSSR count). The van der Waals surface area contributed by atoms with Crippen LogP contribution in [-0.4, -0.2) is 39.6 Å². The van der Waals surface area contributed by atoms with Crippen LogP contribution in [0, 0.1) is 5.92 Å². The monoisotopic (exact) mass is 254 g/mol. The fourth-order valence-corrected chi connectivity index (χ4v) is 2.80. The van der Waals surface area contributed by atoms with Crippen molar-refractivity contribution in [2.75, 3.05) is 6.54 Å². The number of carbonyl (C=O) groups is 2. The highest BCUT2D eigenvalue weighted by Gasteiger charge is 2.52. The van der Waals surface area contributed by atoms with E-state index >= 15 is 0 Å². The van der Waals surface area contributed by atoms with E-state index < -0.39 is 11.1 Å². The Hall–Kier alpha value is -1.10. The van der Waals surface area contributed by atoms with Crippen molar-refractivity contribution in [2.24, 2.45) is 5.92 Å². The molecule has 0 aromatic heterocycles. The molecule has 0 radical (unpaired) electrons. The fraction of sp³-hybridized carbons (Fsp3) is 0.846. The van der Waals surface area contributed by atoms with Gasteiger partial charge in [-0.25, -0.2) is 4.79 Å². The van der Waals surface area contributed by atoms with E-state index in [1.54, 1.807) is 13.8 Å². The van der Waals surface area contributed by atoms with Crippen LogP contribution in [0.5, 0.6) is 0 Å². The molecular weight excluding hydrogens is 232 g/mol. The second-order valence-electron chi connectivity index (χ2n) is 6.40. The predicted molar refractivity (Wildman–Crippen MR) is 66.9 cm³/mol. The minimum Gasteiger partial charge on any atom is -0.389 e. The molecule has 2 aliphatic rings. The van der Waals surface area contributed by atoms with Gasteiger partial charge in [-0.05, 0) is 45.4 Å². The largest absolute Gasteiger partial charge is 0.389 e. The van der Waals surface area contributed by atoms with Crippen molar-refractivity contribution in [3.63, 3.8) is 0 Å². The van der Waals surface area contributed by atoms with E-state index in [4.69, 9.17) is 0 Å². The van der Waals surface area contributed by atoms with Gasteiger partial charge in [0.25, 0.3) is 5.91 Å². The summed E-state index contributed by atoms with van der Waals surface area (Å²) in [6.07, 6.45) is 3.34. The van der Waals surface area contributed by atoms with Crippen LogP contribution in [0.4, 0.5) is 4.79 Å². The summed E-state index contributed by atoms with van der Waals surface area (Å²) in [7, 11) is 0. The molecular formula is C13H22N2O3. The molecule has 5 nitrogen and oxygen atoms in total. The van der Waals surface area contributed by atoms with E-state index in [1.165, 1.54) is 0 Å². The highest BCUT2D eigenvalue weighted by molar-refractivity contribution is 6.07. The van der Waals surface area contributed by atoms with Gasteiger partial charge in [0.15, 0.2) is 0 Å². The lowest BCUT2D eigenvalue weighted by molar-refractivity contribution is -0.134. The van der Waals surface area contributed by atoms with Crippen LogP contribution in [0.2, 0.25) is 0 Å². The Balaban J connectivity index is 2.14. The van der Waals surface area contributed by atoms with E-state index in [0.717, 1.165) is 17.7 Å². The van der Waals surface area contributed by atoms with Crippen LogP contribution in [0.3, 0.4) is 0 Å². The van der Waals surface area contributed by atoms with Crippen LogP contribution < -0.4 is 5.32 Å². The minimum absolute atomic E-state index is 0.0506. The van der Waals surface area contributed by atoms with Crippen molar-refractivity contribution >= 4 is 11.9 Å². The number of β-amino-alcohol motifs (C(OH)–C–C–N with tert-alkyl or cyclic N) is 1. The lowest BCUT2D eigenvalue weighted by atomic mass is 9.77. The van der Waals surface area contributed by atoms with Gasteiger partial charge in [-0.3, -0.25) is 9.69 Å². The summed E-state index contributed by atoms with van der Waals surface area (Å²) in [6, 6.07) is -0.364. The summed E-state index contributed by atoms with van der Waals surface area (Å²) in [5.41, 5.74) is -1.75. The molecule has 1 aliphatic heterocycles. The van der Waals surface area contributed by atoms with Crippen molar-refractivity contribution in [3.8, 4) is 0 Å². The van der Waals surface area contributed by atoms with Gasteiger partial charge in [-0.1, -0.05) is 6.92 Å². The lowest BCUT2D eigenvalue weighted by Gasteiger charge is -2.34. The van der Waals surface area contributed by atoms with E-state index in [9.17, 15) is 14.7 Å². The van der Waals surface area contributed by atoms with Gasteiger partial charge in [0, 0.05) is 0 Å². The number of rotatable bonds is 2. The van der Waals surface area contributed by atoms with Gasteiger partial charge >= 0.3 is 6.03 Å². The zero-order valence-corrected chi connectivity index (χ0v) is 11.3. The number of urea groups is 1. The Bertz CT molecular complexity index is 365. The Morgan fingerprint density at radius 3 is 2.44 bits per heavy atom. The van der Waals surface area contributed by atoms with Gasteiger partial charge < -0.3 is 10.4 Å². The van der Waals surface area contributed by atoms with Gasteiger partial charge in [0.05, 0.1) is 12.1 Å². The summed E-state index contributed by atoms with van der Waals surface area (Å²) < 4.78 is 0. The Labute approximate surface area is 108 Å². The smallest absolute Gasteiger partial charge is 0.325 e. The number of hydrogen-bond acceptors (Lipinski definition) is 3. The van der Waals surface area contributed by atoms with Crippen molar-refractivity contribution < 1.29 is 14.7 Å². The van der Waals surface area contributed by atoms with Crippen molar-refractivity contribution in [3.05, 3.63) is 0 Å². The van der Waals surface area contributed by atoms with E-state index in [-0.39, 0.29) is 18.5 Å². The normalized spacial score (nSPS) is 33.1. The van der Waals surface area contributed by atoms with Crippen LogP contribution in [-0.2, 0) is 4.79 Å². The number of nitrogens with zero attached hydrogens (tertiary/aromatic N) is 1. The zero-order chi connectivity index (χ0) is 13.6. The van der Waals surface area contributed by atoms with Crippen LogP contribution in [0.1, 0.15) is 46.5 Å². The molecule has 0 aromatic carbocycles. The average molecular weight is 254 g/mol. The molecule has 1 aliphatic carbocycles. The molecule has 0 aromatic rings. The first-order valence-corrected chi connectivity index (χ1v) is 6.60. The first kappa shape index (κ1) is 13.3. The minimum atomic E-state index is -1.06.